The van der Waals surface area contributed by atoms with Gasteiger partial charge in [0, 0.05) is 0 Å². The van der Waals surface area contributed by atoms with Crippen molar-refractivity contribution >= 4 is 0 Å². The normalized spacial score (nSPS) is 28.4. The summed E-state index contributed by atoms with van der Waals surface area (Å²) in [7, 11) is 0. The Kier molecular flexibility index (Phi) is 2.89. The van der Waals surface area contributed by atoms with Gasteiger partial charge in [0.2, 0.25) is 0 Å². The molecule has 0 radical (unpaired) electrons. The van der Waals surface area contributed by atoms with Crippen LogP contribution in [0.15, 0.2) is 54.6 Å². The van der Waals surface area contributed by atoms with Crippen molar-refractivity contribution in [3.63, 3.8) is 0 Å². The zero-order valence-corrected chi connectivity index (χ0v) is 11.6. The van der Waals surface area contributed by atoms with Crippen molar-refractivity contribution in [2.45, 2.75) is 37.2 Å². The smallest absolute Gasteiger partial charge is 0.0580 e. The van der Waals surface area contributed by atoms with Gasteiger partial charge in [0.1, 0.15) is 0 Å². The van der Waals surface area contributed by atoms with E-state index in [4.69, 9.17) is 0 Å². The van der Waals surface area contributed by atoms with Crippen LogP contribution in [0.4, 0.5) is 0 Å². The molecule has 0 aliphatic heterocycles. The Morgan fingerprint density at radius 3 is 2.55 bits per heavy atom. The molecule has 2 aliphatic carbocycles. The number of fused-ring (bicyclic) bond motifs is 1. The summed E-state index contributed by atoms with van der Waals surface area (Å²) in [5, 5.41) is 10.5. The van der Waals surface area contributed by atoms with Gasteiger partial charge in [-0.3, -0.25) is 0 Å². The molecule has 2 aromatic rings. The fourth-order valence-electron chi connectivity index (χ4n) is 3.76. The second-order valence-electron chi connectivity index (χ2n) is 6.32. The summed E-state index contributed by atoms with van der Waals surface area (Å²) in [5.41, 5.74) is 4.33. The number of aliphatic hydroxyl groups excluding tert-OH is 1. The van der Waals surface area contributed by atoms with E-state index in [1.165, 1.54) is 16.7 Å². The maximum Gasteiger partial charge on any atom is 0.0580 e. The monoisotopic (exact) mass is 264 g/mol. The maximum absolute atomic E-state index is 10.5. The number of benzene rings is 2. The first-order valence-electron chi connectivity index (χ1n) is 7.64. The van der Waals surface area contributed by atoms with Crippen molar-refractivity contribution in [2.75, 3.05) is 0 Å². The van der Waals surface area contributed by atoms with Gasteiger partial charge >= 0.3 is 0 Å². The van der Waals surface area contributed by atoms with Crippen LogP contribution in [0.5, 0.6) is 0 Å². The van der Waals surface area contributed by atoms with E-state index in [1.54, 1.807) is 0 Å². The van der Waals surface area contributed by atoms with E-state index in [2.05, 4.69) is 54.6 Å². The molecule has 2 aliphatic rings. The van der Waals surface area contributed by atoms with Gasteiger partial charge in [-0.1, -0.05) is 54.6 Å². The third kappa shape index (κ3) is 2.06. The molecule has 0 saturated heterocycles. The third-order valence-electron chi connectivity index (χ3n) is 5.05. The van der Waals surface area contributed by atoms with E-state index in [-0.39, 0.29) is 6.10 Å². The van der Waals surface area contributed by atoms with Crippen molar-refractivity contribution in [2.24, 2.45) is 5.92 Å². The van der Waals surface area contributed by atoms with Crippen LogP contribution in [-0.4, -0.2) is 11.2 Å². The predicted molar refractivity (Wildman–Crippen MR) is 80.8 cm³/mol. The number of aliphatic hydroxyl groups is 1. The highest BCUT2D eigenvalue weighted by molar-refractivity contribution is 5.40. The summed E-state index contributed by atoms with van der Waals surface area (Å²) in [6, 6.07) is 19.3. The molecule has 0 spiro atoms. The Labute approximate surface area is 120 Å². The number of rotatable bonds is 4. The Hall–Kier alpha value is -1.60. The summed E-state index contributed by atoms with van der Waals surface area (Å²) in [4.78, 5) is 0. The Morgan fingerprint density at radius 2 is 1.75 bits per heavy atom. The largest absolute Gasteiger partial charge is 0.393 e. The molecule has 1 heteroatoms. The Morgan fingerprint density at radius 1 is 1.00 bits per heavy atom. The van der Waals surface area contributed by atoms with Gasteiger partial charge in [-0.25, -0.2) is 0 Å². The minimum atomic E-state index is -0.140. The molecule has 4 unspecified atom stereocenters. The molecule has 0 amide bonds. The van der Waals surface area contributed by atoms with Gasteiger partial charge in [0.05, 0.1) is 6.10 Å². The molecule has 4 atom stereocenters. The Balaban J connectivity index is 1.38. The molecule has 20 heavy (non-hydrogen) atoms. The molecular weight excluding hydrogens is 244 g/mol. The van der Waals surface area contributed by atoms with Crippen LogP contribution in [0.25, 0.3) is 0 Å². The predicted octanol–water partition coefficient (Wildman–Crippen LogP) is 3.88. The van der Waals surface area contributed by atoms with E-state index < -0.39 is 0 Å². The van der Waals surface area contributed by atoms with Crippen molar-refractivity contribution in [3.8, 4) is 0 Å². The van der Waals surface area contributed by atoms with E-state index in [0.29, 0.717) is 17.8 Å². The second-order valence-corrected chi connectivity index (χ2v) is 6.32. The SMILES string of the molecule is OC(CC1Cc2ccccc21)C1CC1c1ccccc1. The lowest BCUT2D eigenvalue weighted by atomic mass is 9.74. The average Bonchev–Trinajstić information content (AvgIpc) is 3.26. The van der Waals surface area contributed by atoms with Crippen molar-refractivity contribution in [1.82, 2.24) is 0 Å². The number of hydrogen-bond donors (Lipinski definition) is 1. The highest BCUT2D eigenvalue weighted by atomic mass is 16.3. The molecule has 102 valence electrons. The Bertz CT molecular complexity index is 604. The van der Waals surface area contributed by atoms with Crippen LogP contribution in [0.1, 0.15) is 41.4 Å². The molecule has 0 heterocycles. The quantitative estimate of drug-likeness (QED) is 0.888. The minimum Gasteiger partial charge on any atom is -0.393 e. The zero-order chi connectivity index (χ0) is 13.5. The lowest BCUT2D eigenvalue weighted by molar-refractivity contribution is 0.127. The van der Waals surface area contributed by atoms with Crippen LogP contribution in [0.2, 0.25) is 0 Å². The maximum atomic E-state index is 10.5. The first-order valence-corrected chi connectivity index (χ1v) is 7.64. The second kappa shape index (κ2) is 4.75. The molecule has 2 aromatic carbocycles. The zero-order valence-electron chi connectivity index (χ0n) is 11.6. The van der Waals surface area contributed by atoms with Gasteiger partial charge in [0.25, 0.3) is 0 Å². The van der Waals surface area contributed by atoms with Crippen LogP contribution >= 0.6 is 0 Å². The average molecular weight is 264 g/mol. The van der Waals surface area contributed by atoms with Gasteiger partial charge in [-0.15, -0.1) is 0 Å². The van der Waals surface area contributed by atoms with Crippen LogP contribution in [-0.2, 0) is 6.42 Å². The molecule has 1 N–H and O–H groups in total. The molecule has 1 fully saturated rings. The van der Waals surface area contributed by atoms with Crippen LogP contribution < -0.4 is 0 Å². The van der Waals surface area contributed by atoms with E-state index in [0.717, 1.165) is 19.3 Å². The topological polar surface area (TPSA) is 20.2 Å². The molecular formula is C19H20O. The van der Waals surface area contributed by atoms with Gasteiger partial charge in [-0.2, -0.15) is 0 Å². The first-order chi connectivity index (χ1) is 9.83. The first kappa shape index (κ1) is 12.2. The van der Waals surface area contributed by atoms with Crippen molar-refractivity contribution in [1.29, 1.82) is 0 Å². The minimum absolute atomic E-state index is 0.140. The van der Waals surface area contributed by atoms with Gasteiger partial charge < -0.3 is 5.11 Å². The lowest BCUT2D eigenvalue weighted by Gasteiger charge is -2.31. The summed E-state index contributed by atoms with van der Waals surface area (Å²) in [5.74, 6) is 1.64. The standard InChI is InChI=1S/C19H20O/c20-19(11-15-10-14-8-4-5-9-16(14)15)18-12-17(18)13-6-2-1-3-7-13/h1-9,15,17-20H,10-12H2. The third-order valence-corrected chi connectivity index (χ3v) is 5.05. The summed E-state index contributed by atoms with van der Waals surface area (Å²) >= 11 is 0. The highest BCUT2D eigenvalue weighted by Crippen LogP contribution is 2.52. The summed E-state index contributed by atoms with van der Waals surface area (Å²) in [6.45, 7) is 0. The number of hydrogen-bond acceptors (Lipinski definition) is 1. The van der Waals surface area contributed by atoms with Gasteiger partial charge in [0.15, 0.2) is 0 Å². The fourth-order valence-corrected chi connectivity index (χ4v) is 3.76. The van der Waals surface area contributed by atoms with Crippen LogP contribution in [0, 0.1) is 5.92 Å². The highest BCUT2D eigenvalue weighted by Gasteiger charge is 2.44. The van der Waals surface area contributed by atoms with E-state index >= 15 is 0 Å². The fraction of sp³-hybridized carbons (Fsp3) is 0.368. The van der Waals surface area contributed by atoms with Crippen molar-refractivity contribution < 1.29 is 5.11 Å². The summed E-state index contributed by atoms with van der Waals surface area (Å²) < 4.78 is 0. The molecule has 0 bridgehead atoms. The van der Waals surface area contributed by atoms with Gasteiger partial charge in [-0.05, 0) is 53.7 Å². The molecule has 1 nitrogen and oxygen atoms in total. The van der Waals surface area contributed by atoms with Crippen LogP contribution in [0.3, 0.4) is 0 Å². The lowest BCUT2D eigenvalue weighted by Crippen LogP contribution is -2.23. The van der Waals surface area contributed by atoms with E-state index in [9.17, 15) is 5.11 Å². The molecule has 4 rings (SSSR count). The summed E-state index contributed by atoms with van der Waals surface area (Å²) in [6.07, 6.45) is 3.10. The molecule has 0 aromatic heterocycles. The van der Waals surface area contributed by atoms with E-state index in [1.807, 2.05) is 0 Å². The molecule has 1 saturated carbocycles. The van der Waals surface area contributed by atoms with Crippen molar-refractivity contribution in [3.05, 3.63) is 71.3 Å².